The first kappa shape index (κ1) is 9.44. The minimum atomic E-state index is -0.505. The number of rotatable bonds is 2. The quantitative estimate of drug-likeness (QED) is 0.596. The number of hydrogen-bond acceptors (Lipinski definition) is 1. The molecule has 0 N–H and O–H groups in total. The lowest BCUT2D eigenvalue weighted by Crippen LogP contribution is -2.04. The van der Waals surface area contributed by atoms with Crippen molar-refractivity contribution in [3.8, 4) is 0 Å². The topological polar surface area (TPSA) is 0 Å². The van der Waals surface area contributed by atoms with E-state index in [1.54, 1.807) is 0 Å². The Bertz CT molecular complexity index is 103. The number of hydrogen-bond donors (Lipinski definition) is 1. The predicted molar refractivity (Wildman–Crippen MR) is 52.7 cm³/mol. The molecule has 0 aromatic carbocycles. The van der Waals surface area contributed by atoms with Crippen LogP contribution in [0.1, 0.15) is 13.8 Å². The average molecular weight is 164 g/mol. The maximum atomic E-state index is 4.05. The Balaban J connectivity index is 4.01. The summed E-state index contributed by atoms with van der Waals surface area (Å²) in [6, 6.07) is 0. The first-order valence-corrected chi connectivity index (χ1v) is 6.13. The summed E-state index contributed by atoms with van der Waals surface area (Å²) in [6.07, 6.45) is 4.59. The number of thiol groups is 1. The van der Waals surface area contributed by atoms with Gasteiger partial charge in [-0.3, -0.25) is 0 Å². The van der Waals surface area contributed by atoms with Gasteiger partial charge in [0.1, 0.15) is 0 Å². The molecule has 0 unspecified atom stereocenters. The van der Waals surface area contributed by atoms with Crippen molar-refractivity contribution < 1.29 is 0 Å². The van der Waals surface area contributed by atoms with Crippen molar-refractivity contribution in [2.24, 2.45) is 0 Å². The van der Waals surface area contributed by atoms with Gasteiger partial charge in [-0.2, -0.15) is 12.6 Å². The van der Waals surface area contributed by atoms with Crippen LogP contribution in [0.4, 0.5) is 0 Å². The highest BCUT2D eigenvalue weighted by molar-refractivity contribution is 8.35. The maximum Gasteiger partial charge on any atom is -0.0140 e. The molecular formula is C7H16S2. The Morgan fingerprint density at radius 2 is 1.78 bits per heavy atom. The SMILES string of the molecule is CC(C)S(C)(C)/C=C\S. The van der Waals surface area contributed by atoms with Crippen LogP contribution in [0.2, 0.25) is 0 Å². The first-order chi connectivity index (χ1) is 4.00. The van der Waals surface area contributed by atoms with Gasteiger partial charge >= 0.3 is 0 Å². The lowest BCUT2D eigenvalue weighted by molar-refractivity contribution is 1.10. The van der Waals surface area contributed by atoms with Crippen molar-refractivity contribution in [1.82, 2.24) is 0 Å². The highest BCUT2D eigenvalue weighted by Crippen LogP contribution is 2.46. The largest absolute Gasteiger partial charge is 0.224 e. The zero-order valence-corrected chi connectivity index (χ0v) is 8.30. The Morgan fingerprint density at radius 3 is 1.89 bits per heavy atom. The Labute approximate surface area is 65.5 Å². The van der Waals surface area contributed by atoms with Gasteiger partial charge < -0.3 is 0 Å². The van der Waals surface area contributed by atoms with E-state index in [0.29, 0.717) is 0 Å². The minimum absolute atomic E-state index is 0.505. The van der Waals surface area contributed by atoms with E-state index >= 15 is 0 Å². The standard InChI is InChI=1S/C7H16S2/c1-7(2)9(3,4)6-5-8/h5-8H,1-4H3/b6-5-. The molecule has 56 valence electrons. The normalized spacial score (nSPS) is 15.3. The smallest absolute Gasteiger partial charge is 0.0140 e. The minimum Gasteiger partial charge on any atom is -0.224 e. The molecule has 0 atom stereocenters. The molecule has 0 saturated carbocycles. The second-order valence-corrected chi connectivity index (χ2v) is 7.31. The zero-order valence-electron chi connectivity index (χ0n) is 6.59. The van der Waals surface area contributed by atoms with E-state index in [4.69, 9.17) is 0 Å². The van der Waals surface area contributed by atoms with Crippen molar-refractivity contribution in [1.29, 1.82) is 0 Å². The second kappa shape index (κ2) is 3.57. The van der Waals surface area contributed by atoms with E-state index in [-0.39, 0.29) is 0 Å². The molecule has 0 aromatic rings. The third-order valence-corrected chi connectivity index (χ3v) is 5.24. The Hall–Kier alpha value is 0.440. The summed E-state index contributed by atoms with van der Waals surface area (Å²) < 4.78 is 0. The fourth-order valence-corrected chi connectivity index (χ4v) is 1.88. The van der Waals surface area contributed by atoms with Gasteiger partial charge in [0, 0.05) is 0 Å². The van der Waals surface area contributed by atoms with Gasteiger partial charge in [0.25, 0.3) is 0 Å². The molecule has 0 aromatic heterocycles. The molecule has 0 spiro atoms. The van der Waals surface area contributed by atoms with Gasteiger partial charge in [0.15, 0.2) is 0 Å². The molecule has 9 heavy (non-hydrogen) atoms. The van der Waals surface area contributed by atoms with Gasteiger partial charge in [-0.25, -0.2) is 10.0 Å². The van der Waals surface area contributed by atoms with Crippen molar-refractivity contribution in [3.63, 3.8) is 0 Å². The van der Waals surface area contributed by atoms with Gasteiger partial charge in [0.05, 0.1) is 0 Å². The predicted octanol–water partition coefficient (Wildman–Crippen LogP) is 2.86. The van der Waals surface area contributed by atoms with E-state index in [0.717, 1.165) is 5.25 Å². The van der Waals surface area contributed by atoms with Crippen LogP contribution < -0.4 is 0 Å². The zero-order chi connectivity index (χ0) is 7.49. The molecule has 0 saturated heterocycles. The Morgan fingerprint density at radius 1 is 1.33 bits per heavy atom. The molecule has 0 radical (unpaired) electrons. The van der Waals surface area contributed by atoms with Gasteiger partial charge in [0.2, 0.25) is 0 Å². The average Bonchev–Trinajstić information content (AvgIpc) is 1.65. The summed E-state index contributed by atoms with van der Waals surface area (Å²) in [6.45, 7) is 4.51. The van der Waals surface area contributed by atoms with Crippen LogP contribution in [-0.2, 0) is 0 Å². The van der Waals surface area contributed by atoms with Crippen LogP contribution in [-0.4, -0.2) is 17.8 Å². The third kappa shape index (κ3) is 3.21. The van der Waals surface area contributed by atoms with Crippen LogP contribution in [0, 0.1) is 0 Å². The van der Waals surface area contributed by atoms with Gasteiger partial charge in [-0.1, -0.05) is 13.8 Å². The van der Waals surface area contributed by atoms with E-state index in [1.165, 1.54) is 0 Å². The lowest BCUT2D eigenvalue weighted by Gasteiger charge is -2.31. The van der Waals surface area contributed by atoms with Gasteiger partial charge in [-0.15, -0.1) is 0 Å². The fourth-order valence-electron chi connectivity index (χ4n) is 0.314. The van der Waals surface area contributed by atoms with Crippen LogP contribution in [0.15, 0.2) is 10.8 Å². The summed E-state index contributed by atoms with van der Waals surface area (Å²) >= 11 is 4.05. The molecule has 0 bridgehead atoms. The van der Waals surface area contributed by atoms with E-state index in [9.17, 15) is 0 Å². The summed E-state index contributed by atoms with van der Waals surface area (Å²) in [7, 11) is -0.505. The molecule has 0 heterocycles. The Kier molecular flexibility index (Phi) is 3.74. The second-order valence-electron chi connectivity index (χ2n) is 2.82. The highest BCUT2D eigenvalue weighted by atomic mass is 32.3. The van der Waals surface area contributed by atoms with Crippen molar-refractivity contribution >= 4 is 22.7 Å². The highest BCUT2D eigenvalue weighted by Gasteiger charge is 2.10. The van der Waals surface area contributed by atoms with Gasteiger partial charge in [-0.05, 0) is 28.6 Å². The van der Waals surface area contributed by atoms with E-state index in [2.05, 4.69) is 44.4 Å². The molecule has 0 rings (SSSR count). The van der Waals surface area contributed by atoms with Crippen LogP contribution in [0.5, 0.6) is 0 Å². The summed E-state index contributed by atoms with van der Waals surface area (Å²) in [4.78, 5) is 0. The summed E-state index contributed by atoms with van der Waals surface area (Å²) in [5.41, 5.74) is 0. The van der Waals surface area contributed by atoms with Crippen molar-refractivity contribution in [2.75, 3.05) is 12.5 Å². The molecule has 0 aliphatic heterocycles. The lowest BCUT2D eigenvalue weighted by atomic mass is 10.6. The third-order valence-electron chi connectivity index (χ3n) is 1.63. The van der Waals surface area contributed by atoms with Crippen LogP contribution in [0.3, 0.4) is 0 Å². The van der Waals surface area contributed by atoms with Crippen LogP contribution in [0.25, 0.3) is 0 Å². The first-order valence-electron chi connectivity index (χ1n) is 3.03. The molecule has 0 aliphatic rings. The van der Waals surface area contributed by atoms with Crippen molar-refractivity contribution in [3.05, 3.63) is 10.8 Å². The molecule has 0 fully saturated rings. The fraction of sp³-hybridized carbons (Fsp3) is 0.714. The molecule has 2 heteroatoms. The van der Waals surface area contributed by atoms with E-state index in [1.807, 2.05) is 5.41 Å². The van der Waals surface area contributed by atoms with Crippen LogP contribution >= 0.6 is 22.7 Å². The summed E-state index contributed by atoms with van der Waals surface area (Å²) in [5, 5.41) is 4.83. The molecule has 0 nitrogen and oxygen atoms in total. The van der Waals surface area contributed by atoms with E-state index < -0.39 is 10.0 Å². The monoisotopic (exact) mass is 164 g/mol. The molecule has 0 aliphatic carbocycles. The van der Waals surface area contributed by atoms with Crippen molar-refractivity contribution in [2.45, 2.75) is 19.1 Å². The summed E-state index contributed by atoms with van der Waals surface area (Å²) in [5.74, 6) is 0. The maximum absolute atomic E-state index is 4.05. The molecule has 0 amide bonds. The molecular weight excluding hydrogens is 148 g/mol.